The van der Waals surface area contributed by atoms with Crippen molar-refractivity contribution in [1.82, 2.24) is 0 Å². The number of hydrogen-bond acceptors (Lipinski definition) is 2. The van der Waals surface area contributed by atoms with Gasteiger partial charge < -0.3 is 0 Å². The zero-order valence-electron chi connectivity index (χ0n) is 14.5. The summed E-state index contributed by atoms with van der Waals surface area (Å²) in [7, 11) is 0. The number of nitrogens with zero attached hydrogens (tertiary/aromatic N) is 1. The SMILES string of the molecule is CC(C)C1ON(c2ccccc2)C(c2ccccc2)C1C(C)C. The molecule has 1 fully saturated rings. The summed E-state index contributed by atoms with van der Waals surface area (Å²) in [6.07, 6.45) is 0.236. The van der Waals surface area contributed by atoms with Gasteiger partial charge in [-0.15, -0.1) is 0 Å². The highest BCUT2D eigenvalue weighted by molar-refractivity contribution is 5.47. The van der Waals surface area contributed by atoms with Gasteiger partial charge in [-0.3, -0.25) is 4.84 Å². The summed E-state index contributed by atoms with van der Waals surface area (Å²) in [6, 6.07) is 21.5. The van der Waals surface area contributed by atoms with E-state index in [1.807, 2.05) is 0 Å². The summed E-state index contributed by atoms with van der Waals surface area (Å²) in [5.74, 6) is 1.52. The normalized spacial score (nSPS) is 24.6. The average Bonchev–Trinajstić information content (AvgIpc) is 2.97. The molecule has 3 unspecified atom stereocenters. The van der Waals surface area contributed by atoms with Gasteiger partial charge >= 0.3 is 0 Å². The molecule has 23 heavy (non-hydrogen) atoms. The van der Waals surface area contributed by atoms with Crippen LogP contribution in [0.3, 0.4) is 0 Å². The van der Waals surface area contributed by atoms with Gasteiger partial charge in [0.2, 0.25) is 0 Å². The average molecular weight is 309 g/mol. The number of hydrogen-bond donors (Lipinski definition) is 0. The highest BCUT2D eigenvalue weighted by Gasteiger charge is 2.46. The molecule has 0 amide bonds. The summed E-state index contributed by atoms with van der Waals surface area (Å²) >= 11 is 0. The van der Waals surface area contributed by atoms with Crippen molar-refractivity contribution in [2.75, 3.05) is 5.06 Å². The van der Waals surface area contributed by atoms with E-state index in [4.69, 9.17) is 4.84 Å². The summed E-state index contributed by atoms with van der Waals surface area (Å²) in [5.41, 5.74) is 2.47. The Labute approximate surface area is 140 Å². The second kappa shape index (κ2) is 6.76. The van der Waals surface area contributed by atoms with Crippen molar-refractivity contribution < 1.29 is 4.84 Å². The molecule has 2 nitrogen and oxygen atoms in total. The quantitative estimate of drug-likeness (QED) is 0.742. The van der Waals surface area contributed by atoms with E-state index >= 15 is 0 Å². The topological polar surface area (TPSA) is 12.5 Å². The highest BCUT2D eigenvalue weighted by atomic mass is 16.7. The Hall–Kier alpha value is -1.80. The number of rotatable bonds is 4. The summed E-state index contributed by atoms with van der Waals surface area (Å²) in [6.45, 7) is 9.15. The van der Waals surface area contributed by atoms with E-state index in [1.165, 1.54) is 5.56 Å². The van der Waals surface area contributed by atoms with Gasteiger partial charge in [0.1, 0.15) is 0 Å². The maximum Gasteiger partial charge on any atom is 0.0934 e. The smallest absolute Gasteiger partial charge is 0.0934 e. The van der Waals surface area contributed by atoms with Crippen molar-refractivity contribution in [1.29, 1.82) is 0 Å². The zero-order chi connectivity index (χ0) is 16.4. The molecule has 0 N–H and O–H groups in total. The van der Waals surface area contributed by atoms with Crippen LogP contribution in [0.5, 0.6) is 0 Å². The molecule has 0 radical (unpaired) electrons. The Balaban J connectivity index is 2.06. The molecule has 1 aliphatic rings. The number of hydroxylamine groups is 1. The third-order valence-electron chi connectivity index (χ3n) is 4.81. The zero-order valence-corrected chi connectivity index (χ0v) is 14.5. The Morgan fingerprint density at radius 1 is 0.783 bits per heavy atom. The van der Waals surface area contributed by atoms with Gasteiger partial charge in [-0.1, -0.05) is 76.2 Å². The van der Waals surface area contributed by atoms with Crippen LogP contribution >= 0.6 is 0 Å². The first-order valence-corrected chi connectivity index (χ1v) is 8.65. The van der Waals surface area contributed by atoms with E-state index in [0.29, 0.717) is 17.8 Å². The number of para-hydroxylation sites is 1. The van der Waals surface area contributed by atoms with Crippen molar-refractivity contribution >= 4 is 5.69 Å². The molecule has 122 valence electrons. The molecule has 0 aromatic heterocycles. The fraction of sp³-hybridized carbons (Fsp3) is 0.429. The summed E-state index contributed by atoms with van der Waals surface area (Å²) in [4.78, 5) is 6.48. The third-order valence-corrected chi connectivity index (χ3v) is 4.81. The molecule has 0 saturated carbocycles. The van der Waals surface area contributed by atoms with Crippen molar-refractivity contribution in [3.63, 3.8) is 0 Å². The molecule has 3 rings (SSSR count). The van der Waals surface area contributed by atoms with Gasteiger partial charge in [0.15, 0.2) is 0 Å². The van der Waals surface area contributed by atoms with Crippen molar-refractivity contribution in [2.24, 2.45) is 17.8 Å². The first-order chi connectivity index (χ1) is 11.1. The second-order valence-electron chi connectivity index (χ2n) is 7.15. The molecule has 2 aromatic carbocycles. The van der Waals surface area contributed by atoms with Crippen LogP contribution in [-0.2, 0) is 4.84 Å². The third kappa shape index (κ3) is 3.13. The maximum atomic E-state index is 6.48. The van der Waals surface area contributed by atoms with Crippen LogP contribution in [0.1, 0.15) is 39.3 Å². The minimum Gasteiger partial charge on any atom is -0.269 e. The van der Waals surface area contributed by atoms with E-state index in [2.05, 4.69) is 93.4 Å². The van der Waals surface area contributed by atoms with Crippen LogP contribution in [0.25, 0.3) is 0 Å². The molecule has 2 heteroatoms. The molecule has 1 saturated heterocycles. The van der Waals surface area contributed by atoms with Crippen LogP contribution in [0.4, 0.5) is 5.69 Å². The van der Waals surface area contributed by atoms with Crippen molar-refractivity contribution in [3.8, 4) is 0 Å². The lowest BCUT2D eigenvalue weighted by atomic mass is 9.78. The summed E-state index contributed by atoms with van der Waals surface area (Å²) < 4.78 is 0. The minimum atomic E-state index is 0.236. The predicted octanol–water partition coefficient (Wildman–Crippen LogP) is 5.48. The molecule has 0 aliphatic carbocycles. The Bertz CT molecular complexity index is 608. The molecule has 2 aromatic rings. The van der Waals surface area contributed by atoms with Crippen molar-refractivity contribution in [3.05, 3.63) is 66.2 Å². The molecule has 1 aliphatic heterocycles. The lowest BCUT2D eigenvalue weighted by Crippen LogP contribution is -2.29. The fourth-order valence-corrected chi connectivity index (χ4v) is 3.72. The number of benzene rings is 2. The maximum absolute atomic E-state index is 6.48. The van der Waals surface area contributed by atoms with Crippen molar-refractivity contribution in [2.45, 2.75) is 39.8 Å². The Kier molecular flexibility index (Phi) is 4.72. The lowest BCUT2D eigenvalue weighted by Gasteiger charge is -2.29. The lowest BCUT2D eigenvalue weighted by molar-refractivity contribution is 0.0281. The van der Waals surface area contributed by atoms with Crippen LogP contribution in [0.2, 0.25) is 0 Å². The Morgan fingerprint density at radius 3 is 1.87 bits per heavy atom. The largest absolute Gasteiger partial charge is 0.269 e. The van der Waals surface area contributed by atoms with Gasteiger partial charge in [0.25, 0.3) is 0 Å². The predicted molar refractivity (Wildman–Crippen MR) is 96.1 cm³/mol. The monoisotopic (exact) mass is 309 g/mol. The van der Waals surface area contributed by atoms with Crippen LogP contribution in [0, 0.1) is 17.8 Å². The number of anilines is 1. The molecule has 1 heterocycles. The minimum absolute atomic E-state index is 0.236. The van der Waals surface area contributed by atoms with Gasteiger partial charge in [0.05, 0.1) is 17.8 Å². The van der Waals surface area contributed by atoms with E-state index in [-0.39, 0.29) is 12.1 Å². The highest BCUT2D eigenvalue weighted by Crippen LogP contribution is 2.47. The van der Waals surface area contributed by atoms with Gasteiger partial charge in [-0.25, -0.2) is 5.06 Å². The Morgan fingerprint density at radius 2 is 1.35 bits per heavy atom. The van der Waals surface area contributed by atoms with Gasteiger partial charge in [-0.2, -0.15) is 0 Å². The molecule has 0 bridgehead atoms. The van der Waals surface area contributed by atoms with E-state index in [9.17, 15) is 0 Å². The molecular weight excluding hydrogens is 282 g/mol. The van der Waals surface area contributed by atoms with Gasteiger partial charge in [-0.05, 0) is 29.5 Å². The van der Waals surface area contributed by atoms with Crippen LogP contribution in [-0.4, -0.2) is 6.10 Å². The standard InChI is InChI=1S/C21H27NO/c1-15(2)19-20(17-11-7-5-8-12-17)22(23-21(19)16(3)4)18-13-9-6-10-14-18/h5-16,19-21H,1-4H3. The summed E-state index contributed by atoms with van der Waals surface area (Å²) in [5, 5.41) is 2.14. The molecular formula is C21H27NO. The van der Waals surface area contributed by atoms with E-state index in [0.717, 1.165) is 5.69 Å². The fourth-order valence-electron chi connectivity index (χ4n) is 3.72. The molecule has 0 spiro atoms. The van der Waals surface area contributed by atoms with Crippen LogP contribution < -0.4 is 5.06 Å². The first kappa shape index (κ1) is 16.1. The van der Waals surface area contributed by atoms with Crippen LogP contribution in [0.15, 0.2) is 60.7 Å². The van der Waals surface area contributed by atoms with Gasteiger partial charge in [0, 0.05) is 5.92 Å². The second-order valence-corrected chi connectivity index (χ2v) is 7.15. The van der Waals surface area contributed by atoms with E-state index < -0.39 is 0 Å². The molecule has 3 atom stereocenters. The van der Waals surface area contributed by atoms with E-state index in [1.54, 1.807) is 0 Å². The first-order valence-electron chi connectivity index (χ1n) is 8.65.